The van der Waals surface area contributed by atoms with Crippen LogP contribution >= 0.6 is 11.6 Å². The van der Waals surface area contributed by atoms with Crippen LogP contribution in [0, 0.1) is 11.2 Å². The molecule has 10 heteroatoms. The largest absolute Gasteiger partial charge is 1.00 e. The Balaban J connectivity index is 0.00000400. The zero-order chi connectivity index (χ0) is 27.0. The summed E-state index contributed by atoms with van der Waals surface area (Å²) >= 11 is 6.02. The summed E-state index contributed by atoms with van der Waals surface area (Å²) in [5.74, 6) is -2.65. The molecule has 0 bridgehead atoms. The fourth-order valence-electron chi connectivity index (χ4n) is 5.13. The Hall–Kier alpha value is -2.26. The number of carboxylic acids is 1. The molecule has 1 spiro atoms. The molecular formula is C28H30ClFN3NaO4. The van der Waals surface area contributed by atoms with Gasteiger partial charge < -0.3 is 20.1 Å². The summed E-state index contributed by atoms with van der Waals surface area (Å²) in [6.07, 6.45) is 2.76. The Morgan fingerprint density at radius 3 is 2.37 bits per heavy atom. The first-order valence-electron chi connectivity index (χ1n) is 12.4. The Morgan fingerprint density at radius 2 is 1.76 bits per heavy atom. The second kappa shape index (κ2) is 11.9. The number of carbonyl (C=O) groups excluding carboxylic acids is 3. The van der Waals surface area contributed by atoms with Crippen molar-refractivity contribution in [2.24, 2.45) is 10.4 Å². The van der Waals surface area contributed by atoms with Gasteiger partial charge in [-0.2, -0.15) is 0 Å². The normalized spacial score (nSPS) is 18.5. The molecule has 2 aromatic carbocycles. The third-order valence-electron chi connectivity index (χ3n) is 7.46. The summed E-state index contributed by atoms with van der Waals surface area (Å²) in [5.41, 5.74) is 0.669. The maximum atomic E-state index is 15.0. The molecule has 1 aliphatic carbocycles. The smallest absolute Gasteiger partial charge is 0.550 e. The predicted molar refractivity (Wildman–Crippen MR) is 137 cm³/mol. The molecule has 1 saturated carbocycles. The number of nitrogens with one attached hydrogen (secondary N) is 1. The number of carbonyl (C=O) groups is 3. The van der Waals surface area contributed by atoms with E-state index in [1.165, 1.54) is 12.1 Å². The second-order valence-electron chi connectivity index (χ2n) is 10.6. The summed E-state index contributed by atoms with van der Waals surface area (Å²) in [4.78, 5) is 43.4. The molecule has 1 aliphatic heterocycles. The maximum absolute atomic E-state index is 15.0. The molecule has 0 radical (unpaired) electrons. The maximum Gasteiger partial charge on any atom is 1.00 e. The monoisotopic (exact) mass is 549 g/mol. The number of aliphatic imine (C=N–C) groups is 1. The third-order valence-corrected chi connectivity index (χ3v) is 7.75. The van der Waals surface area contributed by atoms with Gasteiger partial charge in [0, 0.05) is 30.1 Å². The van der Waals surface area contributed by atoms with Crippen molar-refractivity contribution in [3.8, 4) is 0 Å². The van der Waals surface area contributed by atoms with Crippen molar-refractivity contribution < 1.29 is 53.4 Å². The molecule has 0 unspecified atom stereocenters. The van der Waals surface area contributed by atoms with Crippen LogP contribution in [-0.2, 0) is 9.59 Å². The number of halogens is 2. The fraction of sp³-hybridized carbons (Fsp3) is 0.429. The van der Waals surface area contributed by atoms with Crippen molar-refractivity contribution in [3.63, 3.8) is 0 Å². The quantitative estimate of drug-likeness (QED) is 0.521. The Morgan fingerprint density at radius 1 is 1.13 bits per heavy atom. The minimum Gasteiger partial charge on any atom is -0.550 e. The number of carboxylic acid groups (broad SMARTS) is 1. The van der Waals surface area contributed by atoms with E-state index in [2.05, 4.69) is 19.2 Å². The van der Waals surface area contributed by atoms with Crippen molar-refractivity contribution in [2.45, 2.75) is 64.6 Å². The van der Waals surface area contributed by atoms with Crippen LogP contribution in [0.25, 0.3) is 0 Å². The molecule has 38 heavy (non-hydrogen) atoms. The molecule has 1 fully saturated rings. The topological polar surface area (TPSA) is 102 Å². The minimum absolute atomic E-state index is 0. The van der Waals surface area contributed by atoms with E-state index >= 15 is 0 Å². The van der Waals surface area contributed by atoms with Gasteiger partial charge in [0.05, 0.1) is 11.1 Å². The van der Waals surface area contributed by atoms with E-state index in [-0.39, 0.29) is 70.1 Å². The summed E-state index contributed by atoms with van der Waals surface area (Å²) in [6.45, 7) is 6.27. The van der Waals surface area contributed by atoms with Crippen LogP contribution in [0.2, 0.25) is 5.02 Å². The first-order chi connectivity index (χ1) is 17.4. The standard InChI is InChI=1S/C28H31ClFN3O4.Na/c1-17(18-7-9-19(10-8-18)25(36)31-16-11-22(34)35)33-26(37)24(20-5-4-6-21(29)23(20)30)32-28(33)14-12-27(2,3)13-15-28;/h4-10,17H,11-16H2,1-3H3,(H,31,36)(H,34,35);/q;+1/p-1/t17-;/m1./s1. The summed E-state index contributed by atoms with van der Waals surface area (Å²) in [7, 11) is 0. The van der Waals surface area contributed by atoms with Gasteiger partial charge in [-0.05, 0) is 67.9 Å². The molecule has 0 aromatic heterocycles. The first kappa shape index (κ1) is 30.3. The minimum atomic E-state index is -1.24. The third kappa shape index (κ3) is 6.14. The van der Waals surface area contributed by atoms with Crippen molar-refractivity contribution in [1.29, 1.82) is 0 Å². The Bertz CT molecular complexity index is 1260. The van der Waals surface area contributed by atoms with Crippen molar-refractivity contribution in [3.05, 3.63) is 70.0 Å². The molecule has 0 saturated heterocycles. The van der Waals surface area contributed by atoms with Gasteiger partial charge in [0.2, 0.25) is 0 Å². The van der Waals surface area contributed by atoms with Crippen LogP contribution in [0.4, 0.5) is 4.39 Å². The molecule has 196 valence electrons. The number of amides is 2. The van der Waals surface area contributed by atoms with Crippen LogP contribution in [0.5, 0.6) is 0 Å². The van der Waals surface area contributed by atoms with Crippen LogP contribution in [-0.4, -0.2) is 40.6 Å². The molecule has 1 N–H and O–H groups in total. The van der Waals surface area contributed by atoms with Gasteiger partial charge in [0.15, 0.2) is 5.82 Å². The molecule has 2 aliphatic rings. The molecule has 2 amide bonds. The molecule has 1 atom stereocenters. The van der Waals surface area contributed by atoms with Gasteiger partial charge in [0.1, 0.15) is 11.4 Å². The second-order valence-corrected chi connectivity index (χ2v) is 11.0. The van der Waals surface area contributed by atoms with Crippen molar-refractivity contribution >= 4 is 35.1 Å². The van der Waals surface area contributed by atoms with Gasteiger partial charge in [-0.25, -0.2) is 4.39 Å². The average Bonchev–Trinajstić information content (AvgIpc) is 3.14. The molecule has 2 aromatic rings. The van der Waals surface area contributed by atoms with Crippen LogP contribution in [0.15, 0.2) is 47.5 Å². The van der Waals surface area contributed by atoms with E-state index in [0.29, 0.717) is 18.4 Å². The molecule has 7 nitrogen and oxygen atoms in total. The number of nitrogens with zero attached hydrogens (tertiary/aromatic N) is 2. The van der Waals surface area contributed by atoms with E-state index in [0.717, 1.165) is 18.4 Å². The van der Waals surface area contributed by atoms with Crippen LogP contribution in [0.1, 0.15) is 80.4 Å². The van der Waals surface area contributed by atoms with E-state index < -0.39 is 29.4 Å². The van der Waals surface area contributed by atoms with E-state index in [4.69, 9.17) is 16.6 Å². The number of rotatable bonds is 7. The molecular weight excluding hydrogens is 520 g/mol. The fourth-order valence-corrected chi connectivity index (χ4v) is 5.31. The van der Waals surface area contributed by atoms with Crippen LogP contribution < -0.4 is 40.0 Å². The van der Waals surface area contributed by atoms with Gasteiger partial charge in [-0.1, -0.05) is 43.6 Å². The van der Waals surface area contributed by atoms with Crippen LogP contribution in [0.3, 0.4) is 0 Å². The van der Waals surface area contributed by atoms with Crippen molar-refractivity contribution in [1.82, 2.24) is 10.2 Å². The zero-order valence-corrected chi connectivity index (χ0v) is 24.9. The van der Waals surface area contributed by atoms with Crippen molar-refractivity contribution in [2.75, 3.05) is 6.54 Å². The summed E-state index contributed by atoms with van der Waals surface area (Å²) in [5, 5.41) is 13.0. The SMILES string of the molecule is C[C@H](c1ccc(C(=O)NCCC(=O)[O-])cc1)N1C(=O)C(c2cccc(Cl)c2F)=NC12CCC(C)(C)CC2.[Na+]. The summed E-state index contributed by atoms with van der Waals surface area (Å²) in [6, 6.07) is 11.0. The Kier molecular flexibility index (Phi) is 9.45. The zero-order valence-electron chi connectivity index (χ0n) is 22.1. The van der Waals surface area contributed by atoms with E-state index in [1.54, 1.807) is 35.2 Å². The van der Waals surface area contributed by atoms with E-state index in [9.17, 15) is 23.9 Å². The predicted octanol–water partition coefficient (Wildman–Crippen LogP) is 1.04. The number of aliphatic carboxylic acids is 1. The number of benzene rings is 2. The van der Waals surface area contributed by atoms with E-state index in [1.807, 2.05) is 6.92 Å². The number of hydrogen-bond donors (Lipinski definition) is 1. The summed E-state index contributed by atoms with van der Waals surface area (Å²) < 4.78 is 15.0. The van der Waals surface area contributed by atoms with Gasteiger partial charge in [0.25, 0.3) is 11.8 Å². The van der Waals surface area contributed by atoms with Gasteiger partial charge in [-0.15, -0.1) is 0 Å². The molecule has 4 rings (SSSR count). The molecule has 1 heterocycles. The van der Waals surface area contributed by atoms with Gasteiger partial charge >= 0.3 is 29.6 Å². The average molecular weight is 550 g/mol. The number of hydrogen-bond acceptors (Lipinski definition) is 5. The van der Waals surface area contributed by atoms with Gasteiger partial charge in [-0.3, -0.25) is 14.6 Å². The first-order valence-corrected chi connectivity index (χ1v) is 12.8. The Labute approximate surface area is 249 Å².